The number of hydrogen-bond donors (Lipinski definition) is 2. The lowest BCUT2D eigenvalue weighted by Gasteiger charge is -2.18. The number of likely N-dealkylation sites (tertiary alicyclic amines) is 1. The van der Waals surface area contributed by atoms with Crippen LogP contribution >= 0.6 is 0 Å². The molecule has 1 saturated heterocycles. The lowest BCUT2D eigenvalue weighted by molar-refractivity contribution is -0.127. The Labute approximate surface area is 179 Å². The summed E-state index contributed by atoms with van der Waals surface area (Å²) in [5, 5.41) is 11.2. The van der Waals surface area contributed by atoms with Gasteiger partial charge in [-0.1, -0.05) is 30.3 Å². The Morgan fingerprint density at radius 1 is 1.20 bits per heavy atom. The number of carbonyl (C=O) groups is 1. The van der Waals surface area contributed by atoms with Gasteiger partial charge < -0.3 is 15.5 Å². The van der Waals surface area contributed by atoms with Crippen LogP contribution < -0.4 is 10.6 Å². The molecule has 1 atom stereocenters. The van der Waals surface area contributed by atoms with Gasteiger partial charge in [0, 0.05) is 58.3 Å². The topological polar surface area (TPSA) is 74.5 Å². The Morgan fingerprint density at radius 2 is 1.97 bits per heavy atom. The largest absolute Gasteiger partial charge is 0.356 e. The van der Waals surface area contributed by atoms with Crippen LogP contribution in [0, 0.1) is 19.8 Å². The summed E-state index contributed by atoms with van der Waals surface area (Å²) in [5.74, 6) is 1.35. The van der Waals surface area contributed by atoms with E-state index in [1.165, 1.54) is 16.8 Å². The number of nitrogens with zero attached hydrogens (tertiary/aromatic N) is 4. The molecule has 7 nitrogen and oxygen atoms in total. The molecule has 7 heteroatoms. The van der Waals surface area contributed by atoms with Gasteiger partial charge in [0.25, 0.3) is 0 Å². The molecule has 1 aliphatic rings. The molecule has 2 N–H and O–H groups in total. The van der Waals surface area contributed by atoms with Crippen molar-refractivity contribution in [2.75, 3.05) is 33.2 Å². The van der Waals surface area contributed by atoms with E-state index in [0.717, 1.165) is 50.7 Å². The van der Waals surface area contributed by atoms with Crippen molar-refractivity contribution < 1.29 is 4.79 Å². The zero-order chi connectivity index (χ0) is 21.5. The third-order valence-corrected chi connectivity index (χ3v) is 5.92. The number of amides is 1. The Balaban J connectivity index is 1.40. The minimum Gasteiger partial charge on any atom is -0.356 e. The van der Waals surface area contributed by atoms with Crippen molar-refractivity contribution in [3.63, 3.8) is 0 Å². The number of guanidine groups is 1. The molecule has 162 valence electrons. The van der Waals surface area contributed by atoms with E-state index < -0.39 is 0 Å². The van der Waals surface area contributed by atoms with Gasteiger partial charge in [-0.05, 0) is 37.8 Å². The summed E-state index contributed by atoms with van der Waals surface area (Å²) in [6, 6.07) is 10.3. The van der Waals surface area contributed by atoms with Crippen LogP contribution in [-0.2, 0) is 24.7 Å². The van der Waals surface area contributed by atoms with Crippen molar-refractivity contribution >= 4 is 11.9 Å². The lowest BCUT2D eigenvalue weighted by atomic mass is 10.1. The summed E-state index contributed by atoms with van der Waals surface area (Å²) in [7, 11) is 3.76. The first-order chi connectivity index (χ1) is 14.5. The van der Waals surface area contributed by atoms with Crippen molar-refractivity contribution in [2.45, 2.75) is 33.1 Å². The molecule has 1 aromatic heterocycles. The summed E-state index contributed by atoms with van der Waals surface area (Å²) in [6.07, 6.45) is 2.41. The standard InChI is InChI=1S/C23H34N6O/c1-17-21(18(2)28(4)27-17)10-12-25-23(24-3)26-15-20-14-22(30)29(16-20)13-11-19-8-6-5-7-9-19/h5-9,20H,10-16H2,1-4H3,(H2,24,25,26). The van der Waals surface area contributed by atoms with E-state index in [0.29, 0.717) is 12.3 Å². The predicted octanol–water partition coefficient (Wildman–Crippen LogP) is 1.84. The highest BCUT2D eigenvalue weighted by Crippen LogP contribution is 2.17. The summed E-state index contributed by atoms with van der Waals surface area (Å²) in [6.45, 7) is 7.29. The molecule has 0 aliphatic carbocycles. The minimum atomic E-state index is 0.253. The number of aromatic nitrogens is 2. The van der Waals surface area contributed by atoms with Gasteiger partial charge in [-0.15, -0.1) is 0 Å². The monoisotopic (exact) mass is 410 g/mol. The van der Waals surface area contributed by atoms with Crippen LogP contribution in [0.4, 0.5) is 0 Å². The molecule has 0 spiro atoms. The maximum absolute atomic E-state index is 12.4. The molecule has 1 amide bonds. The smallest absolute Gasteiger partial charge is 0.223 e. The Bertz CT molecular complexity index is 873. The second-order valence-electron chi connectivity index (χ2n) is 8.05. The summed E-state index contributed by atoms with van der Waals surface area (Å²) >= 11 is 0. The molecule has 0 saturated carbocycles. The second-order valence-corrected chi connectivity index (χ2v) is 8.05. The van der Waals surface area contributed by atoms with Crippen LogP contribution in [0.25, 0.3) is 0 Å². The van der Waals surface area contributed by atoms with Crippen LogP contribution in [0.1, 0.15) is 28.9 Å². The first-order valence-electron chi connectivity index (χ1n) is 10.7. The Hall–Kier alpha value is -2.83. The van der Waals surface area contributed by atoms with E-state index in [9.17, 15) is 4.79 Å². The summed E-state index contributed by atoms with van der Waals surface area (Å²) in [4.78, 5) is 18.7. The zero-order valence-electron chi connectivity index (χ0n) is 18.6. The first kappa shape index (κ1) is 21.9. The van der Waals surface area contributed by atoms with Gasteiger partial charge in [0.2, 0.25) is 5.91 Å². The lowest BCUT2D eigenvalue weighted by Crippen LogP contribution is -2.41. The molecule has 0 radical (unpaired) electrons. The molecule has 30 heavy (non-hydrogen) atoms. The van der Waals surface area contributed by atoms with Crippen molar-refractivity contribution in [3.05, 3.63) is 52.8 Å². The number of nitrogens with one attached hydrogen (secondary N) is 2. The van der Waals surface area contributed by atoms with Crippen LogP contribution in [0.15, 0.2) is 35.3 Å². The Morgan fingerprint density at radius 3 is 2.63 bits per heavy atom. The minimum absolute atomic E-state index is 0.253. The van der Waals surface area contributed by atoms with Gasteiger partial charge in [0.15, 0.2) is 5.96 Å². The van der Waals surface area contributed by atoms with Gasteiger partial charge in [-0.25, -0.2) is 0 Å². The van der Waals surface area contributed by atoms with Crippen LogP contribution in [0.5, 0.6) is 0 Å². The molecule has 0 bridgehead atoms. The van der Waals surface area contributed by atoms with E-state index >= 15 is 0 Å². The quantitative estimate of drug-likeness (QED) is 0.514. The maximum Gasteiger partial charge on any atom is 0.223 e. The molecule has 1 unspecified atom stereocenters. The fraction of sp³-hybridized carbons (Fsp3) is 0.522. The van der Waals surface area contributed by atoms with Gasteiger partial charge in [0.1, 0.15) is 0 Å². The third-order valence-electron chi connectivity index (χ3n) is 5.92. The molecular weight excluding hydrogens is 376 g/mol. The molecule has 2 heterocycles. The average Bonchev–Trinajstić information content (AvgIpc) is 3.22. The highest BCUT2D eigenvalue weighted by molar-refractivity contribution is 5.80. The number of aliphatic imine (C=N–C) groups is 1. The summed E-state index contributed by atoms with van der Waals surface area (Å²) in [5.41, 5.74) is 4.85. The van der Waals surface area contributed by atoms with Gasteiger partial charge in [0.05, 0.1) is 5.69 Å². The van der Waals surface area contributed by atoms with Crippen LogP contribution in [-0.4, -0.2) is 59.8 Å². The average molecular weight is 411 g/mol. The number of aryl methyl sites for hydroxylation is 2. The number of rotatable bonds is 8. The second kappa shape index (κ2) is 10.3. The maximum atomic E-state index is 12.4. The van der Waals surface area contributed by atoms with E-state index in [4.69, 9.17) is 0 Å². The summed E-state index contributed by atoms with van der Waals surface area (Å²) < 4.78 is 1.93. The zero-order valence-corrected chi connectivity index (χ0v) is 18.6. The number of carbonyl (C=O) groups excluding carboxylic acids is 1. The first-order valence-corrected chi connectivity index (χ1v) is 10.7. The predicted molar refractivity (Wildman–Crippen MR) is 121 cm³/mol. The molecule has 3 rings (SSSR count). The third kappa shape index (κ3) is 5.62. The number of benzene rings is 1. The molecular formula is C23H34N6O. The SMILES string of the molecule is CN=C(NCCc1c(C)nn(C)c1C)NCC1CC(=O)N(CCc2ccccc2)C1. The van der Waals surface area contributed by atoms with E-state index in [1.54, 1.807) is 7.05 Å². The van der Waals surface area contributed by atoms with E-state index in [1.807, 2.05) is 34.8 Å². The van der Waals surface area contributed by atoms with E-state index in [-0.39, 0.29) is 5.91 Å². The fourth-order valence-electron chi connectivity index (χ4n) is 4.06. The van der Waals surface area contributed by atoms with E-state index in [2.05, 4.69) is 46.7 Å². The molecule has 1 aromatic carbocycles. The highest BCUT2D eigenvalue weighted by Gasteiger charge is 2.29. The van der Waals surface area contributed by atoms with Crippen LogP contribution in [0.2, 0.25) is 0 Å². The van der Waals surface area contributed by atoms with Crippen molar-refractivity contribution in [1.29, 1.82) is 0 Å². The number of hydrogen-bond acceptors (Lipinski definition) is 3. The fourth-order valence-corrected chi connectivity index (χ4v) is 4.06. The van der Waals surface area contributed by atoms with Crippen molar-refractivity contribution in [3.8, 4) is 0 Å². The highest BCUT2D eigenvalue weighted by atomic mass is 16.2. The molecule has 1 aliphatic heterocycles. The van der Waals surface area contributed by atoms with Gasteiger partial charge >= 0.3 is 0 Å². The normalized spacial score (nSPS) is 16.9. The molecule has 1 fully saturated rings. The van der Waals surface area contributed by atoms with Crippen molar-refractivity contribution in [2.24, 2.45) is 18.0 Å². The van der Waals surface area contributed by atoms with Crippen molar-refractivity contribution in [1.82, 2.24) is 25.3 Å². The van der Waals surface area contributed by atoms with Crippen LogP contribution in [0.3, 0.4) is 0 Å². The van der Waals surface area contributed by atoms with Gasteiger partial charge in [-0.2, -0.15) is 5.10 Å². The molecule has 2 aromatic rings. The Kier molecular flexibility index (Phi) is 7.49. The van der Waals surface area contributed by atoms with Gasteiger partial charge in [-0.3, -0.25) is 14.5 Å².